The van der Waals surface area contributed by atoms with Crippen LogP contribution in [0.2, 0.25) is 0 Å². The predicted octanol–water partition coefficient (Wildman–Crippen LogP) is 2.11. The van der Waals surface area contributed by atoms with Gasteiger partial charge in [0, 0.05) is 26.6 Å². The number of nitrogens with zero attached hydrogens (tertiary/aromatic N) is 1. The van der Waals surface area contributed by atoms with Crippen LogP contribution in [0.15, 0.2) is 24.3 Å². The average Bonchev–Trinajstić information content (AvgIpc) is 2.58. The van der Waals surface area contributed by atoms with Gasteiger partial charge < -0.3 is 15.3 Å². The Bertz CT molecular complexity index is 609. The van der Waals surface area contributed by atoms with E-state index in [9.17, 15) is 27.9 Å². The molecule has 0 aromatic heterocycles. The van der Waals surface area contributed by atoms with Crippen molar-refractivity contribution in [1.29, 1.82) is 0 Å². The Balaban J connectivity index is 1.91. The standard InChI is InChI=1S/C17H21F3N2O3/c1-11(23)21-10-12-6-8-22(9-7-12)16(25)15(24)13-2-4-14(5-3-13)17(18,19)20/h2-5,12,15,24H,6-10H2,1H3,(H,21,23)/t15-/m1/s1. The van der Waals surface area contributed by atoms with E-state index in [2.05, 4.69) is 5.32 Å². The van der Waals surface area contributed by atoms with E-state index in [4.69, 9.17) is 0 Å². The highest BCUT2D eigenvalue weighted by atomic mass is 19.4. The van der Waals surface area contributed by atoms with Crippen LogP contribution in [0.3, 0.4) is 0 Å². The number of carbonyl (C=O) groups excluding carboxylic acids is 2. The molecular weight excluding hydrogens is 337 g/mol. The van der Waals surface area contributed by atoms with Crippen LogP contribution in [0, 0.1) is 5.92 Å². The van der Waals surface area contributed by atoms with Crippen LogP contribution < -0.4 is 5.32 Å². The SMILES string of the molecule is CC(=O)NCC1CCN(C(=O)[C@H](O)c2ccc(C(F)(F)F)cc2)CC1. The second kappa shape index (κ2) is 7.86. The van der Waals surface area contributed by atoms with E-state index in [1.165, 1.54) is 11.8 Å². The molecule has 0 aliphatic carbocycles. The first-order valence-corrected chi connectivity index (χ1v) is 8.07. The van der Waals surface area contributed by atoms with Crippen LogP contribution in [0.25, 0.3) is 0 Å². The molecule has 25 heavy (non-hydrogen) atoms. The summed E-state index contributed by atoms with van der Waals surface area (Å²) in [5, 5.41) is 12.9. The van der Waals surface area contributed by atoms with Crippen molar-refractivity contribution in [2.45, 2.75) is 32.0 Å². The lowest BCUT2D eigenvalue weighted by atomic mass is 9.96. The minimum absolute atomic E-state index is 0.101. The van der Waals surface area contributed by atoms with Crippen molar-refractivity contribution in [1.82, 2.24) is 10.2 Å². The summed E-state index contributed by atoms with van der Waals surface area (Å²) in [7, 11) is 0. The second-order valence-corrected chi connectivity index (χ2v) is 6.23. The van der Waals surface area contributed by atoms with Gasteiger partial charge in [-0.3, -0.25) is 9.59 Å². The Morgan fingerprint density at radius 1 is 1.24 bits per heavy atom. The molecule has 1 saturated heterocycles. The van der Waals surface area contributed by atoms with Crippen molar-refractivity contribution in [3.05, 3.63) is 35.4 Å². The Hall–Kier alpha value is -2.09. The highest BCUT2D eigenvalue weighted by Gasteiger charge is 2.31. The van der Waals surface area contributed by atoms with Crippen molar-refractivity contribution < 1.29 is 27.9 Å². The number of benzene rings is 1. The average molecular weight is 358 g/mol. The van der Waals surface area contributed by atoms with Crippen molar-refractivity contribution in [3.63, 3.8) is 0 Å². The molecule has 1 aliphatic rings. The maximum Gasteiger partial charge on any atom is 0.416 e. The lowest BCUT2D eigenvalue weighted by molar-refractivity contribution is -0.142. The molecule has 8 heteroatoms. The van der Waals surface area contributed by atoms with Gasteiger partial charge in [0.25, 0.3) is 5.91 Å². The monoisotopic (exact) mass is 358 g/mol. The molecular formula is C17H21F3N2O3. The summed E-state index contributed by atoms with van der Waals surface area (Å²) in [6.45, 7) is 2.89. The van der Waals surface area contributed by atoms with Crippen molar-refractivity contribution >= 4 is 11.8 Å². The topological polar surface area (TPSA) is 69.6 Å². The molecule has 1 aromatic rings. The molecule has 0 spiro atoms. The smallest absolute Gasteiger partial charge is 0.378 e. The van der Waals surface area contributed by atoms with E-state index in [0.717, 1.165) is 24.3 Å². The zero-order valence-corrected chi connectivity index (χ0v) is 13.8. The normalized spacial score (nSPS) is 17.2. The van der Waals surface area contributed by atoms with Crippen molar-refractivity contribution in [2.24, 2.45) is 5.92 Å². The summed E-state index contributed by atoms with van der Waals surface area (Å²) in [5.74, 6) is -0.342. The van der Waals surface area contributed by atoms with Crippen LogP contribution in [0.1, 0.15) is 37.0 Å². The molecule has 1 heterocycles. The van der Waals surface area contributed by atoms with Crippen LogP contribution in [-0.2, 0) is 15.8 Å². The van der Waals surface area contributed by atoms with E-state index in [1.807, 2.05) is 0 Å². The van der Waals surface area contributed by atoms with Gasteiger partial charge in [-0.15, -0.1) is 0 Å². The number of hydrogen-bond acceptors (Lipinski definition) is 3. The number of halogens is 3. The van der Waals surface area contributed by atoms with Gasteiger partial charge >= 0.3 is 6.18 Å². The first-order chi connectivity index (χ1) is 11.7. The van der Waals surface area contributed by atoms with E-state index in [-0.39, 0.29) is 17.4 Å². The van der Waals surface area contributed by atoms with Gasteiger partial charge in [-0.05, 0) is 36.5 Å². The zero-order valence-electron chi connectivity index (χ0n) is 13.8. The van der Waals surface area contributed by atoms with Gasteiger partial charge in [-0.1, -0.05) is 12.1 Å². The van der Waals surface area contributed by atoms with Crippen LogP contribution in [0.5, 0.6) is 0 Å². The molecule has 138 valence electrons. The number of hydrogen-bond donors (Lipinski definition) is 2. The Morgan fingerprint density at radius 3 is 2.28 bits per heavy atom. The zero-order chi connectivity index (χ0) is 18.6. The molecule has 5 nitrogen and oxygen atoms in total. The fourth-order valence-corrected chi connectivity index (χ4v) is 2.82. The summed E-state index contributed by atoms with van der Waals surface area (Å²) < 4.78 is 37.7. The highest BCUT2D eigenvalue weighted by molar-refractivity contribution is 5.82. The highest BCUT2D eigenvalue weighted by Crippen LogP contribution is 2.30. The molecule has 2 N–H and O–H groups in total. The minimum atomic E-state index is -4.46. The number of aliphatic hydroxyl groups excluding tert-OH is 1. The quantitative estimate of drug-likeness (QED) is 0.866. The summed E-state index contributed by atoms with van der Waals surface area (Å²) in [4.78, 5) is 24.8. The molecule has 1 atom stereocenters. The minimum Gasteiger partial charge on any atom is -0.378 e. The third kappa shape index (κ3) is 5.19. The number of nitrogens with one attached hydrogen (secondary N) is 1. The molecule has 1 aliphatic heterocycles. The number of amides is 2. The summed E-state index contributed by atoms with van der Waals surface area (Å²) in [5.41, 5.74) is -0.687. The van der Waals surface area contributed by atoms with E-state index in [0.29, 0.717) is 32.5 Å². The summed E-state index contributed by atoms with van der Waals surface area (Å²) >= 11 is 0. The lowest BCUT2D eigenvalue weighted by Crippen LogP contribution is -2.43. The van der Waals surface area contributed by atoms with E-state index < -0.39 is 23.8 Å². The van der Waals surface area contributed by atoms with Gasteiger partial charge in [0.05, 0.1) is 5.56 Å². The number of carbonyl (C=O) groups is 2. The molecule has 2 rings (SSSR count). The van der Waals surface area contributed by atoms with Crippen LogP contribution in [-0.4, -0.2) is 41.5 Å². The first kappa shape index (κ1) is 19.2. The lowest BCUT2D eigenvalue weighted by Gasteiger charge is -2.33. The number of aliphatic hydroxyl groups is 1. The number of likely N-dealkylation sites (tertiary alicyclic amines) is 1. The molecule has 0 bridgehead atoms. The van der Waals surface area contributed by atoms with E-state index >= 15 is 0 Å². The maximum atomic E-state index is 12.6. The Labute approximate surface area is 143 Å². The van der Waals surface area contributed by atoms with Gasteiger partial charge in [0.2, 0.25) is 5.91 Å². The van der Waals surface area contributed by atoms with Gasteiger partial charge in [0.15, 0.2) is 6.10 Å². The number of alkyl halides is 3. The fraction of sp³-hybridized carbons (Fsp3) is 0.529. The van der Waals surface area contributed by atoms with Crippen molar-refractivity contribution in [3.8, 4) is 0 Å². The molecule has 2 amide bonds. The largest absolute Gasteiger partial charge is 0.416 e. The third-order valence-corrected chi connectivity index (χ3v) is 4.35. The Morgan fingerprint density at radius 2 is 1.80 bits per heavy atom. The summed E-state index contributed by atoms with van der Waals surface area (Å²) in [6, 6.07) is 3.95. The molecule has 1 aromatic carbocycles. The maximum absolute atomic E-state index is 12.6. The number of rotatable bonds is 4. The van der Waals surface area contributed by atoms with Gasteiger partial charge in [-0.2, -0.15) is 13.2 Å². The van der Waals surface area contributed by atoms with Crippen LogP contribution >= 0.6 is 0 Å². The van der Waals surface area contributed by atoms with Crippen molar-refractivity contribution in [2.75, 3.05) is 19.6 Å². The third-order valence-electron chi connectivity index (χ3n) is 4.35. The first-order valence-electron chi connectivity index (χ1n) is 8.07. The molecule has 0 unspecified atom stereocenters. The predicted molar refractivity (Wildman–Crippen MR) is 84.4 cm³/mol. The molecule has 1 fully saturated rings. The molecule has 0 saturated carbocycles. The van der Waals surface area contributed by atoms with Crippen LogP contribution in [0.4, 0.5) is 13.2 Å². The Kier molecular flexibility index (Phi) is 6.05. The summed E-state index contributed by atoms with van der Waals surface area (Å²) in [6.07, 6.45) is -4.53. The number of piperidine rings is 1. The van der Waals surface area contributed by atoms with E-state index in [1.54, 1.807) is 0 Å². The fourth-order valence-electron chi connectivity index (χ4n) is 2.82. The molecule has 0 radical (unpaired) electrons. The second-order valence-electron chi connectivity index (χ2n) is 6.23. The van der Waals surface area contributed by atoms with Gasteiger partial charge in [-0.25, -0.2) is 0 Å². The van der Waals surface area contributed by atoms with Gasteiger partial charge in [0.1, 0.15) is 0 Å².